The second-order valence-electron chi connectivity index (χ2n) is 5.93. The summed E-state index contributed by atoms with van der Waals surface area (Å²) in [6, 6.07) is 2.13. The average Bonchev–Trinajstić information content (AvgIpc) is 3.19. The lowest BCUT2D eigenvalue weighted by atomic mass is 10.2. The minimum Gasteiger partial charge on any atom is -0.355 e. The van der Waals surface area contributed by atoms with Crippen LogP contribution in [0, 0.1) is 6.92 Å². The summed E-state index contributed by atoms with van der Waals surface area (Å²) in [5.74, 6) is -0.266. The van der Waals surface area contributed by atoms with Crippen LogP contribution in [0.2, 0.25) is 0 Å². The zero-order chi connectivity index (χ0) is 18.4. The summed E-state index contributed by atoms with van der Waals surface area (Å²) in [6.07, 6.45) is 2.56. The van der Waals surface area contributed by atoms with Crippen molar-refractivity contribution in [2.24, 2.45) is 5.73 Å². The highest BCUT2D eigenvalue weighted by Gasteiger charge is 2.39. The predicted molar refractivity (Wildman–Crippen MR) is 95.8 cm³/mol. The molecule has 8 nitrogen and oxygen atoms in total. The number of aryl methyl sites for hydroxylation is 1. The summed E-state index contributed by atoms with van der Waals surface area (Å²) >= 11 is 1.22. The van der Waals surface area contributed by atoms with Crippen molar-refractivity contribution in [3.8, 4) is 0 Å². The molecule has 3 amide bonds. The first kappa shape index (κ1) is 19.7. The number of carbonyl (C=O) groups is 2. The highest BCUT2D eigenvalue weighted by atomic mass is 32.2. The van der Waals surface area contributed by atoms with E-state index >= 15 is 0 Å². The summed E-state index contributed by atoms with van der Waals surface area (Å²) in [5, 5.41) is 5.26. The van der Waals surface area contributed by atoms with Crippen molar-refractivity contribution in [3.63, 3.8) is 0 Å². The van der Waals surface area contributed by atoms with Crippen LogP contribution in [0.15, 0.2) is 16.3 Å². The Bertz CT molecular complexity index is 717. The molecule has 25 heavy (non-hydrogen) atoms. The van der Waals surface area contributed by atoms with Gasteiger partial charge in [-0.2, -0.15) is 4.31 Å². The first-order valence-corrected chi connectivity index (χ1v) is 10.5. The Morgan fingerprint density at radius 1 is 1.28 bits per heavy atom. The number of primary amides is 1. The molecule has 2 rings (SSSR count). The van der Waals surface area contributed by atoms with Gasteiger partial charge in [0.2, 0.25) is 5.91 Å². The zero-order valence-corrected chi connectivity index (χ0v) is 15.8. The number of hydrogen-bond donors (Lipinski definition) is 3. The number of hydrogen-bond acceptors (Lipinski definition) is 5. The number of amides is 3. The molecule has 0 saturated carbocycles. The van der Waals surface area contributed by atoms with Gasteiger partial charge in [-0.1, -0.05) is 0 Å². The Hall–Kier alpha value is -1.65. The van der Waals surface area contributed by atoms with Gasteiger partial charge in [-0.15, -0.1) is 11.3 Å². The maximum Gasteiger partial charge on any atom is 0.312 e. The lowest BCUT2D eigenvalue weighted by molar-refractivity contribution is -0.124. The molecule has 1 unspecified atom stereocenters. The monoisotopic (exact) mass is 388 g/mol. The third kappa shape index (κ3) is 5.16. The standard InChI is InChI=1S/C15H24N4O4S2/c1-11-6-7-13(24-11)25(22,23)19-10-4-5-12(19)14(20)17-8-2-3-9-18-15(16)21/h6-7,12H,2-5,8-10H2,1H3,(H,17,20)(H3,16,18,21). The quantitative estimate of drug-likeness (QED) is 0.570. The molecule has 1 aromatic heterocycles. The van der Waals surface area contributed by atoms with Gasteiger partial charge in [0.15, 0.2) is 0 Å². The number of sulfonamides is 1. The highest BCUT2D eigenvalue weighted by molar-refractivity contribution is 7.91. The van der Waals surface area contributed by atoms with E-state index in [2.05, 4.69) is 10.6 Å². The van der Waals surface area contributed by atoms with Gasteiger partial charge in [0, 0.05) is 24.5 Å². The van der Waals surface area contributed by atoms with E-state index in [9.17, 15) is 18.0 Å². The van der Waals surface area contributed by atoms with Gasteiger partial charge in [0.1, 0.15) is 10.3 Å². The summed E-state index contributed by atoms with van der Waals surface area (Å²) in [7, 11) is -3.63. The fraction of sp³-hybridized carbons (Fsp3) is 0.600. The van der Waals surface area contributed by atoms with E-state index in [1.807, 2.05) is 6.92 Å². The van der Waals surface area contributed by atoms with E-state index < -0.39 is 22.1 Å². The van der Waals surface area contributed by atoms with Crippen LogP contribution in [0.3, 0.4) is 0 Å². The summed E-state index contributed by atoms with van der Waals surface area (Å²) in [4.78, 5) is 23.8. The van der Waals surface area contributed by atoms with Gasteiger partial charge in [0.25, 0.3) is 10.0 Å². The first-order chi connectivity index (χ1) is 11.8. The number of nitrogens with one attached hydrogen (secondary N) is 2. The predicted octanol–water partition coefficient (Wildman–Crippen LogP) is 0.774. The minimum atomic E-state index is -3.63. The van der Waals surface area contributed by atoms with Crippen LogP contribution in [-0.4, -0.2) is 50.3 Å². The van der Waals surface area contributed by atoms with Gasteiger partial charge < -0.3 is 16.4 Å². The third-order valence-electron chi connectivity index (χ3n) is 3.99. The molecule has 0 radical (unpaired) electrons. The minimum absolute atomic E-state index is 0.266. The fourth-order valence-corrected chi connectivity index (χ4v) is 5.82. The Kier molecular flexibility index (Phi) is 6.79. The van der Waals surface area contributed by atoms with Crippen LogP contribution in [0.5, 0.6) is 0 Å². The molecule has 0 aliphatic carbocycles. The Balaban J connectivity index is 1.88. The normalized spacial score (nSPS) is 18.2. The van der Waals surface area contributed by atoms with Gasteiger partial charge in [-0.05, 0) is 44.7 Å². The first-order valence-electron chi connectivity index (χ1n) is 8.21. The second kappa shape index (κ2) is 8.63. The van der Waals surface area contributed by atoms with Gasteiger partial charge in [0.05, 0.1) is 0 Å². The number of nitrogens with zero attached hydrogens (tertiary/aromatic N) is 1. The van der Waals surface area contributed by atoms with E-state index in [0.717, 1.165) is 4.88 Å². The maximum absolute atomic E-state index is 12.7. The fourth-order valence-electron chi connectivity index (χ4n) is 2.75. The molecule has 10 heteroatoms. The summed E-state index contributed by atoms with van der Waals surface area (Å²) in [5.41, 5.74) is 4.96. The molecular weight excluding hydrogens is 364 g/mol. The Labute approximate surface area is 151 Å². The van der Waals surface area contributed by atoms with Crippen molar-refractivity contribution >= 4 is 33.3 Å². The summed E-state index contributed by atoms with van der Waals surface area (Å²) < 4.78 is 27.1. The molecule has 1 atom stereocenters. The molecule has 1 aliphatic rings. The number of thiophene rings is 1. The smallest absolute Gasteiger partial charge is 0.312 e. The molecule has 1 saturated heterocycles. The van der Waals surface area contributed by atoms with Crippen molar-refractivity contribution in [2.75, 3.05) is 19.6 Å². The number of unbranched alkanes of at least 4 members (excludes halogenated alkanes) is 1. The van der Waals surface area contributed by atoms with Crippen LogP contribution >= 0.6 is 11.3 Å². The van der Waals surface area contributed by atoms with E-state index in [1.54, 1.807) is 12.1 Å². The van der Waals surface area contributed by atoms with Crippen LogP contribution in [0.1, 0.15) is 30.6 Å². The van der Waals surface area contributed by atoms with Crippen molar-refractivity contribution < 1.29 is 18.0 Å². The van der Waals surface area contributed by atoms with E-state index in [-0.39, 0.29) is 10.1 Å². The zero-order valence-electron chi connectivity index (χ0n) is 14.2. The SMILES string of the molecule is Cc1ccc(S(=O)(=O)N2CCCC2C(=O)NCCCCNC(N)=O)s1. The molecule has 0 bridgehead atoms. The Morgan fingerprint density at radius 3 is 2.56 bits per heavy atom. The number of nitrogens with two attached hydrogens (primary N) is 1. The topological polar surface area (TPSA) is 122 Å². The van der Waals surface area contributed by atoms with Crippen LogP contribution < -0.4 is 16.4 Å². The molecular formula is C15H24N4O4S2. The van der Waals surface area contributed by atoms with E-state index in [1.165, 1.54) is 15.6 Å². The summed E-state index contributed by atoms with van der Waals surface area (Å²) in [6.45, 7) is 3.10. The third-order valence-corrected chi connectivity index (χ3v) is 7.36. The largest absolute Gasteiger partial charge is 0.355 e. The highest BCUT2D eigenvalue weighted by Crippen LogP contribution is 2.30. The van der Waals surface area contributed by atoms with Gasteiger partial charge in [-0.25, -0.2) is 13.2 Å². The molecule has 140 valence electrons. The molecule has 1 aromatic rings. The second-order valence-corrected chi connectivity index (χ2v) is 9.33. The molecule has 0 aromatic carbocycles. The van der Waals surface area contributed by atoms with E-state index in [0.29, 0.717) is 45.3 Å². The van der Waals surface area contributed by atoms with Crippen molar-refractivity contribution in [3.05, 3.63) is 17.0 Å². The van der Waals surface area contributed by atoms with E-state index in [4.69, 9.17) is 5.73 Å². The van der Waals surface area contributed by atoms with Crippen molar-refractivity contribution in [1.29, 1.82) is 0 Å². The Morgan fingerprint density at radius 2 is 1.96 bits per heavy atom. The van der Waals surface area contributed by atoms with Crippen LogP contribution in [0.25, 0.3) is 0 Å². The van der Waals surface area contributed by atoms with Crippen LogP contribution in [-0.2, 0) is 14.8 Å². The molecule has 1 aliphatic heterocycles. The van der Waals surface area contributed by atoms with Crippen molar-refractivity contribution in [2.45, 2.75) is 42.9 Å². The van der Waals surface area contributed by atoms with Crippen LogP contribution in [0.4, 0.5) is 4.79 Å². The number of carbonyl (C=O) groups excluding carboxylic acids is 2. The van der Waals surface area contributed by atoms with Gasteiger partial charge in [-0.3, -0.25) is 4.79 Å². The lowest BCUT2D eigenvalue weighted by Crippen LogP contribution is -2.46. The molecule has 4 N–H and O–H groups in total. The van der Waals surface area contributed by atoms with Crippen molar-refractivity contribution in [1.82, 2.24) is 14.9 Å². The maximum atomic E-state index is 12.7. The van der Waals surface area contributed by atoms with Gasteiger partial charge >= 0.3 is 6.03 Å². The molecule has 0 spiro atoms. The number of urea groups is 1. The molecule has 2 heterocycles. The number of rotatable bonds is 8. The average molecular weight is 389 g/mol. The lowest BCUT2D eigenvalue weighted by Gasteiger charge is -2.22. The molecule has 1 fully saturated rings.